The summed E-state index contributed by atoms with van der Waals surface area (Å²) in [5.41, 5.74) is 0.412. The lowest BCUT2D eigenvalue weighted by Crippen LogP contribution is -2.33. The van der Waals surface area contributed by atoms with E-state index in [4.69, 9.17) is 4.74 Å². The number of aliphatic hydroxyl groups is 1. The fourth-order valence-corrected chi connectivity index (χ4v) is 3.52. The standard InChI is InChI=1S/C13H19NO4S/c15-9-12-5-1-2-6-13(12)19(16,17)14-8-11-4-3-7-18-10-11/h1-2,5-6,11,14-15H,3-4,7-10H2. The number of benzene rings is 1. The van der Waals surface area contributed by atoms with Gasteiger partial charge in [0, 0.05) is 13.2 Å². The molecule has 1 aromatic rings. The number of sulfonamides is 1. The van der Waals surface area contributed by atoms with Gasteiger partial charge in [-0.3, -0.25) is 0 Å². The molecule has 1 aliphatic heterocycles. The second kappa shape index (κ2) is 6.47. The van der Waals surface area contributed by atoms with Crippen molar-refractivity contribution >= 4 is 10.0 Å². The first-order valence-electron chi connectivity index (χ1n) is 6.39. The number of ether oxygens (including phenoxy) is 1. The van der Waals surface area contributed by atoms with E-state index in [0.29, 0.717) is 18.7 Å². The van der Waals surface area contributed by atoms with Crippen LogP contribution in [0.4, 0.5) is 0 Å². The van der Waals surface area contributed by atoms with Crippen molar-refractivity contribution in [3.63, 3.8) is 0 Å². The van der Waals surface area contributed by atoms with E-state index in [0.717, 1.165) is 19.4 Å². The Morgan fingerprint density at radius 2 is 2.16 bits per heavy atom. The maximum atomic E-state index is 12.2. The molecule has 19 heavy (non-hydrogen) atoms. The molecular formula is C13H19NO4S. The van der Waals surface area contributed by atoms with Crippen LogP contribution in [0.15, 0.2) is 29.2 Å². The van der Waals surface area contributed by atoms with Crippen molar-refractivity contribution in [3.05, 3.63) is 29.8 Å². The Bertz CT molecular complexity index is 509. The van der Waals surface area contributed by atoms with Gasteiger partial charge in [-0.15, -0.1) is 0 Å². The number of hydrogen-bond donors (Lipinski definition) is 2. The molecule has 1 saturated heterocycles. The Morgan fingerprint density at radius 3 is 2.84 bits per heavy atom. The van der Waals surface area contributed by atoms with E-state index in [2.05, 4.69) is 4.72 Å². The molecule has 1 fully saturated rings. The SMILES string of the molecule is O=S(=O)(NCC1CCCOC1)c1ccccc1CO. The fraction of sp³-hybridized carbons (Fsp3) is 0.538. The monoisotopic (exact) mass is 285 g/mol. The molecule has 0 aromatic heterocycles. The smallest absolute Gasteiger partial charge is 0.240 e. The molecule has 1 atom stereocenters. The van der Waals surface area contributed by atoms with Gasteiger partial charge in [0.05, 0.1) is 18.1 Å². The first-order chi connectivity index (χ1) is 9.13. The van der Waals surface area contributed by atoms with Gasteiger partial charge in [0.2, 0.25) is 10.0 Å². The third kappa shape index (κ3) is 3.76. The zero-order valence-electron chi connectivity index (χ0n) is 10.7. The van der Waals surface area contributed by atoms with Crippen LogP contribution in [0.1, 0.15) is 18.4 Å². The molecular weight excluding hydrogens is 266 g/mol. The lowest BCUT2D eigenvalue weighted by molar-refractivity contribution is 0.0568. The molecule has 0 saturated carbocycles. The minimum Gasteiger partial charge on any atom is -0.392 e. The van der Waals surface area contributed by atoms with Crippen LogP contribution in [-0.4, -0.2) is 33.3 Å². The summed E-state index contributed by atoms with van der Waals surface area (Å²) in [6, 6.07) is 6.47. The molecule has 2 rings (SSSR count). The number of aliphatic hydroxyl groups excluding tert-OH is 1. The number of nitrogens with one attached hydrogen (secondary N) is 1. The van der Waals surface area contributed by atoms with Gasteiger partial charge in [-0.1, -0.05) is 18.2 Å². The second-order valence-electron chi connectivity index (χ2n) is 4.70. The van der Waals surface area contributed by atoms with Gasteiger partial charge in [-0.05, 0) is 30.4 Å². The van der Waals surface area contributed by atoms with E-state index < -0.39 is 10.0 Å². The average molecular weight is 285 g/mol. The molecule has 1 aliphatic rings. The summed E-state index contributed by atoms with van der Waals surface area (Å²) in [7, 11) is -3.57. The van der Waals surface area contributed by atoms with Crippen LogP contribution in [0.5, 0.6) is 0 Å². The predicted octanol–water partition coefficient (Wildman–Crippen LogP) is 0.884. The van der Waals surface area contributed by atoms with Crippen LogP contribution in [-0.2, 0) is 21.4 Å². The number of rotatable bonds is 5. The van der Waals surface area contributed by atoms with Crippen molar-refractivity contribution in [1.29, 1.82) is 0 Å². The van der Waals surface area contributed by atoms with Crippen LogP contribution < -0.4 is 4.72 Å². The fourth-order valence-electron chi connectivity index (χ4n) is 2.17. The Hall–Kier alpha value is -0.950. The van der Waals surface area contributed by atoms with Crippen LogP contribution in [0.25, 0.3) is 0 Å². The van der Waals surface area contributed by atoms with Crippen molar-refractivity contribution in [1.82, 2.24) is 4.72 Å². The highest BCUT2D eigenvalue weighted by Crippen LogP contribution is 2.17. The molecule has 1 unspecified atom stereocenters. The van der Waals surface area contributed by atoms with E-state index in [1.165, 1.54) is 6.07 Å². The van der Waals surface area contributed by atoms with E-state index in [1.807, 2.05) is 0 Å². The molecule has 0 radical (unpaired) electrons. The van der Waals surface area contributed by atoms with E-state index in [-0.39, 0.29) is 17.4 Å². The van der Waals surface area contributed by atoms with Crippen LogP contribution in [0, 0.1) is 5.92 Å². The maximum absolute atomic E-state index is 12.2. The molecule has 1 aromatic carbocycles. The molecule has 2 N–H and O–H groups in total. The molecule has 5 nitrogen and oxygen atoms in total. The molecule has 0 aliphatic carbocycles. The summed E-state index contributed by atoms with van der Waals surface area (Å²) in [6.07, 6.45) is 1.95. The molecule has 0 spiro atoms. The van der Waals surface area contributed by atoms with Gasteiger partial charge in [-0.2, -0.15) is 0 Å². The minimum absolute atomic E-state index is 0.147. The highest BCUT2D eigenvalue weighted by Gasteiger charge is 2.20. The van der Waals surface area contributed by atoms with Gasteiger partial charge >= 0.3 is 0 Å². The Kier molecular flexibility index (Phi) is 4.93. The van der Waals surface area contributed by atoms with Crippen molar-refractivity contribution < 1.29 is 18.3 Å². The first kappa shape index (κ1) is 14.5. The molecule has 106 valence electrons. The second-order valence-corrected chi connectivity index (χ2v) is 6.44. The van der Waals surface area contributed by atoms with Gasteiger partial charge in [0.1, 0.15) is 0 Å². The molecule has 1 heterocycles. The topological polar surface area (TPSA) is 75.6 Å². The summed E-state index contributed by atoms with van der Waals surface area (Å²) < 4.78 is 32.3. The van der Waals surface area contributed by atoms with Crippen molar-refractivity contribution in [3.8, 4) is 0 Å². The average Bonchev–Trinajstić information content (AvgIpc) is 2.46. The summed E-state index contributed by atoms with van der Waals surface area (Å²) in [5, 5.41) is 9.19. The molecule has 6 heteroatoms. The third-order valence-corrected chi connectivity index (χ3v) is 4.77. The Labute approximate surface area is 113 Å². The van der Waals surface area contributed by atoms with Gasteiger partial charge in [0.25, 0.3) is 0 Å². The van der Waals surface area contributed by atoms with Crippen LogP contribution in [0.2, 0.25) is 0 Å². The summed E-state index contributed by atoms with van der Waals surface area (Å²) in [6.45, 7) is 1.45. The zero-order valence-corrected chi connectivity index (χ0v) is 11.5. The summed E-state index contributed by atoms with van der Waals surface area (Å²) in [5.74, 6) is 0.227. The van der Waals surface area contributed by atoms with Gasteiger partial charge < -0.3 is 9.84 Å². The summed E-state index contributed by atoms with van der Waals surface area (Å²) >= 11 is 0. The van der Waals surface area contributed by atoms with E-state index in [1.54, 1.807) is 18.2 Å². The normalized spacial score (nSPS) is 20.4. The lowest BCUT2D eigenvalue weighted by atomic mass is 10.0. The van der Waals surface area contributed by atoms with Crippen molar-refractivity contribution in [2.75, 3.05) is 19.8 Å². The van der Waals surface area contributed by atoms with E-state index in [9.17, 15) is 13.5 Å². The largest absolute Gasteiger partial charge is 0.392 e. The van der Waals surface area contributed by atoms with Crippen LogP contribution >= 0.6 is 0 Å². The van der Waals surface area contributed by atoms with Crippen LogP contribution in [0.3, 0.4) is 0 Å². The van der Waals surface area contributed by atoms with Crippen molar-refractivity contribution in [2.45, 2.75) is 24.3 Å². The van der Waals surface area contributed by atoms with Gasteiger partial charge in [0.15, 0.2) is 0 Å². The Balaban J connectivity index is 2.05. The first-order valence-corrected chi connectivity index (χ1v) is 7.88. The third-order valence-electron chi connectivity index (χ3n) is 3.25. The zero-order chi connectivity index (χ0) is 13.7. The van der Waals surface area contributed by atoms with Crippen molar-refractivity contribution in [2.24, 2.45) is 5.92 Å². The summed E-state index contributed by atoms with van der Waals surface area (Å²) in [4.78, 5) is 0.147. The van der Waals surface area contributed by atoms with Gasteiger partial charge in [-0.25, -0.2) is 13.1 Å². The van der Waals surface area contributed by atoms with E-state index >= 15 is 0 Å². The minimum atomic E-state index is -3.57. The lowest BCUT2D eigenvalue weighted by Gasteiger charge is -2.22. The highest BCUT2D eigenvalue weighted by atomic mass is 32.2. The Morgan fingerprint density at radius 1 is 1.37 bits per heavy atom. The number of hydrogen-bond acceptors (Lipinski definition) is 4. The quantitative estimate of drug-likeness (QED) is 0.842. The maximum Gasteiger partial charge on any atom is 0.240 e. The molecule has 0 amide bonds. The molecule has 0 bridgehead atoms. The predicted molar refractivity (Wildman–Crippen MR) is 71.1 cm³/mol. The highest BCUT2D eigenvalue weighted by molar-refractivity contribution is 7.89.